The molecule has 3 aromatic rings. The van der Waals surface area contributed by atoms with Crippen LogP contribution >= 0.6 is 22.9 Å². The summed E-state index contributed by atoms with van der Waals surface area (Å²) in [6.07, 6.45) is 4.98. The average molecular weight is 505 g/mol. The number of aliphatic hydroxyl groups is 1. The van der Waals surface area contributed by atoms with Gasteiger partial charge in [0.2, 0.25) is 0 Å². The maximum atomic E-state index is 13.6. The number of fused-ring (bicyclic) bond motifs is 4. The molecule has 2 aromatic heterocycles. The van der Waals surface area contributed by atoms with Gasteiger partial charge in [-0.2, -0.15) is 0 Å². The molecule has 34 heavy (non-hydrogen) atoms. The quantitative estimate of drug-likeness (QED) is 0.475. The number of carbonyl (C=O) groups is 2. The molecule has 3 saturated carbocycles. The van der Waals surface area contributed by atoms with Gasteiger partial charge in [-0.3, -0.25) is 14.6 Å². The molecule has 2 heterocycles. The van der Waals surface area contributed by atoms with E-state index >= 15 is 0 Å². The van der Waals surface area contributed by atoms with Crippen LogP contribution in [-0.4, -0.2) is 50.7 Å². The van der Waals surface area contributed by atoms with Crippen molar-refractivity contribution < 1.29 is 23.8 Å². The highest BCUT2D eigenvalue weighted by atomic mass is 35.5. The van der Waals surface area contributed by atoms with Gasteiger partial charge < -0.3 is 20.5 Å². The first kappa shape index (κ1) is 22.9. The standard InChI is InChI=1S/C23H22ClFN4O4S/c24-14-2-1-13(9-15(14)25)33-12-19(31)28-23-5-3-22(4-6-23,11-18(23)30)29-20(32)17-10-16-21(34-17)27-8-7-26-16/h1-2,7-10,18,30H,3-6,11-12H2,(H,28,31)(H,29,32). The Morgan fingerprint density at radius 1 is 1.18 bits per heavy atom. The number of thiophene rings is 1. The van der Waals surface area contributed by atoms with Crippen molar-refractivity contribution in [3.05, 3.63) is 52.4 Å². The van der Waals surface area contributed by atoms with Crippen molar-refractivity contribution in [3.8, 4) is 5.75 Å². The minimum atomic E-state index is -0.821. The zero-order chi connectivity index (χ0) is 23.9. The summed E-state index contributed by atoms with van der Waals surface area (Å²) >= 11 is 6.94. The number of rotatable bonds is 6. The molecule has 3 fully saturated rings. The first-order valence-electron chi connectivity index (χ1n) is 10.9. The zero-order valence-electron chi connectivity index (χ0n) is 18.0. The number of halogens is 2. The smallest absolute Gasteiger partial charge is 0.261 e. The van der Waals surface area contributed by atoms with Crippen molar-refractivity contribution in [2.75, 3.05) is 6.61 Å². The van der Waals surface area contributed by atoms with Gasteiger partial charge in [0.15, 0.2) is 6.61 Å². The lowest BCUT2D eigenvalue weighted by Crippen LogP contribution is -2.70. The van der Waals surface area contributed by atoms with Crippen molar-refractivity contribution in [2.45, 2.75) is 49.3 Å². The van der Waals surface area contributed by atoms with E-state index in [9.17, 15) is 19.1 Å². The number of ether oxygens (including phenoxy) is 1. The second-order valence-electron chi connectivity index (χ2n) is 8.88. The number of aromatic nitrogens is 2. The predicted octanol–water partition coefficient (Wildman–Crippen LogP) is 3.23. The Kier molecular flexibility index (Phi) is 5.91. The predicted molar refractivity (Wildman–Crippen MR) is 124 cm³/mol. The summed E-state index contributed by atoms with van der Waals surface area (Å²) in [6, 6.07) is 5.67. The summed E-state index contributed by atoms with van der Waals surface area (Å²) in [5.74, 6) is -1.05. The zero-order valence-corrected chi connectivity index (χ0v) is 19.6. The van der Waals surface area contributed by atoms with Gasteiger partial charge in [0, 0.05) is 24.0 Å². The topological polar surface area (TPSA) is 113 Å². The van der Waals surface area contributed by atoms with Crippen LogP contribution < -0.4 is 15.4 Å². The van der Waals surface area contributed by atoms with E-state index in [1.807, 2.05) is 0 Å². The largest absolute Gasteiger partial charge is 0.484 e. The third-order valence-corrected chi connectivity index (χ3v) is 8.08. The molecule has 3 N–H and O–H groups in total. The summed E-state index contributed by atoms with van der Waals surface area (Å²) in [6.45, 7) is -0.314. The van der Waals surface area contributed by atoms with Gasteiger partial charge >= 0.3 is 0 Å². The number of aliphatic hydroxyl groups excluding tert-OH is 1. The Balaban J connectivity index is 1.20. The normalized spacial score (nSPS) is 25.8. The second kappa shape index (κ2) is 8.75. The molecule has 3 aliphatic carbocycles. The van der Waals surface area contributed by atoms with Gasteiger partial charge in [-0.25, -0.2) is 9.37 Å². The van der Waals surface area contributed by atoms with Crippen LogP contribution in [0.1, 0.15) is 41.8 Å². The molecule has 0 aliphatic heterocycles. The van der Waals surface area contributed by atoms with E-state index in [-0.39, 0.29) is 23.3 Å². The number of hydrogen-bond donors (Lipinski definition) is 3. The molecular formula is C23H22ClFN4O4S. The van der Waals surface area contributed by atoms with E-state index < -0.39 is 28.9 Å². The molecular weight excluding hydrogens is 483 g/mol. The Labute approximate surface area is 203 Å². The van der Waals surface area contributed by atoms with E-state index in [1.54, 1.807) is 18.5 Å². The SMILES string of the molecule is O=C(COc1ccc(Cl)c(F)c1)NC12CCC(NC(=O)c3cc4nccnc4s3)(CC1)CC2O. The van der Waals surface area contributed by atoms with Crippen LogP contribution in [0.4, 0.5) is 4.39 Å². The molecule has 0 saturated heterocycles. The minimum Gasteiger partial charge on any atom is -0.484 e. The second-order valence-corrected chi connectivity index (χ2v) is 10.3. The fourth-order valence-electron chi connectivity index (χ4n) is 4.88. The van der Waals surface area contributed by atoms with Crippen LogP contribution in [0, 0.1) is 5.82 Å². The van der Waals surface area contributed by atoms with Gasteiger partial charge in [-0.1, -0.05) is 11.6 Å². The van der Waals surface area contributed by atoms with Crippen molar-refractivity contribution in [1.82, 2.24) is 20.6 Å². The summed E-state index contributed by atoms with van der Waals surface area (Å²) in [5.41, 5.74) is -0.631. The maximum absolute atomic E-state index is 13.6. The third-order valence-electron chi connectivity index (χ3n) is 6.74. The van der Waals surface area contributed by atoms with Crippen LogP contribution in [0.3, 0.4) is 0 Å². The van der Waals surface area contributed by atoms with Crippen molar-refractivity contribution in [3.63, 3.8) is 0 Å². The molecule has 2 bridgehead atoms. The molecule has 3 aliphatic rings. The molecule has 11 heteroatoms. The highest BCUT2D eigenvalue weighted by molar-refractivity contribution is 7.20. The lowest BCUT2D eigenvalue weighted by atomic mass is 9.60. The molecule has 1 aromatic carbocycles. The van der Waals surface area contributed by atoms with Crippen LogP contribution in [0.5, 0.6) is 5.75 Å². The highest BCUT2D eigenvalue weighted by Gasteiger charge is 2.55. The molecule has 2 amide bonds. The molecule has 178 valence electrons. The highest BCUT2D eigenvalue weighted by Crippen LogP contribution is 2.47. The number of carbonyl (C=O) groups excluding carboxylic acids is 2. The van der Waals surface area contributed by atoms with E-state index in [0.717, 1.165) is 6.07 Å². The maximum Gasteiger partial charge on any atom is 0.261 e. The van der Waals surface area contributed by atoms with Crippen molar-refractivity contribution in [1.29, 1.82) is 0 Å². The fraction of sp³-hybridized carbons (Fsp3) is 0.391. The summed E-state index contributed by atoms with van der Waals surface area (Å²) in [7, 11) is 0. The minimum absolute atomic E-state index is 0.0283. The van der Waals surface area contributed by atoms with Crippen LogP contribution in [0.25, 0.3) is 10.3 Å². The summed E-state index contributed by atoms with van der Waals surface area (Å²) in [4.78, 5) is 35.1. The van der Waals surface area contributed by atoms with Crippen LogP contribution in [0.15, 0.2) is 36.7 Å². The average Bonchev–Trinajstić information content (AvgIpc) is 3.26. The Bertz CT molecular complexity index is 1230. The Morgan fingerprint density at radius 2 is 1.94 bits per heavy atom. The molecule has 1 unspecified atom stereocenters. The Morgan fingerprint density at radius 3 is 2.65 bits per heavy atom. The number of nitrogens with zero attached hydrogens (tertiary/aromatic N) is 2. The summed E-state index contributed by atoms with van der Waals surface area (Å²) in [5, 5.41) is 16.9. The van der Waals surface area contributed by atoms with E-state index in [1.165, 1.54) is 23.5 Å². The lowest BCUT2D eigenvalue weighted by molar-refractivity contribution is -0.132. The number of nitrogens with one attached hydrogen (secondary N) is 2. The van der Waals surface area contributed by atoms with Crippen LogP contribution in [-0.2, 0) is 4.79 Å². The van der Waals surface area contributed by atoms with Gasteiger partial charge in [-0.05, 0) is 50.3 Å². The van der Waals surface area contributed by atoms with Gasteiger partial charge in [0.05, 0.1) is 21.5 Å². The van der Waals surface area contributed by atoms with Crippen molar-refractivity contribution in [2.24, 2.45) is 0 Å². The van der Waals surface area contributed by atoms with Crippen LogP contribution in [0.2, 0.25) is 5.02 Å². The first-order chi connectivity index (χ1) is 16.3. The molecule has 0 radical (unpaired) electrons. The summed E-state index contributed by atoms with van der Waals surface area (Å²) < 4.78 is 18.9. The number of hydrogen-bond acceptors (Lipinski definition) is 7. The van der Waals surface area contributed by atoms with Gasteiger partial charge in [-0.15, -0.1) is 11.3 Å². The molecule has 0 spiro atoms. The van der Waals surface area contributed by atoms with Gasteiger partial charge in [0.1, 0.15) is 21.9 Å². The lowest BCUT2D eigenvalue weighted by Gasteiger charge is -2.56. The Hall–Kier alpha value is -2.82. The first-order valence-corrected chi connectivity index (χ1v) is 12.1. The fourth-order valence-corrected chi connectivity index (χ4v) is 5.85. The van der Waals surface area contributed by atoms with E-state index in [4.69, 9.17) is 16.3 Å². The van der Waals surface area contributed by atoms with Gasteiger partial charge in [0.25, 0.3) is 11.8 Å². The monoisotopic (exact) mass is 504 g/mol. The van der Waals surface area contributed by atoms with Crippen molar-refractivity contribution >= 4 is 45.1 Å². The molecule has 1 atom stereocenters. The van der Waals surface area contributed by atoms with E-state index in [2.05, 4.69) is 20.6 Å². The molecule has 8 nitrogen and oxygen atoms in total. The molecule has 6 rings (SSSR count). The third kappa shape index (κ3) is 4.33. The number of benzene rings is 1. The number of amides is 2. The van der Waals surface area contributed by atoms with E-state index in [0.29, 0.717) is 47.3 Å².